The predicted octanol–water partition coefficient (Wildman–Crippen LogP) is 2.94. The molecule has 0 unspecified atom stereocenters. The maximum absolute atomic E-state index is 13.3. The van der Waals surface area contributed by atoms with E-state index in [4.69, 9.17) is 10.9 Å². The molecule has 0 heterocycles. The summed E-state index contributed by atoms with van der Waals surface area (Å²) in [5.41, 5.74) is 6.84. The average Bonchev–Trinajstić information content (AvgIpc) is 2.42. The van der Waals surface area contributed by atoms with Gasteiger partial charge in [-0.3, -0.25) is 0 Å². The van der Waals surface area contributed by atoms with Crippen LogP contribution in [0.25, 0.3) is 0 Å². The quantitative estimate of drug-likeness (QED) is 0.313. The topological polar surface area (TPSA) is 70.6 Å². The molecule has 1 aromatic carbocycles. The largest absolute Gasteiger partial charge is 0.409 e. The first kappa shape index (κ1) is 17.4. The van der Waals surface area contributed by atoms with Crippen molar-refractivity contribution in [2.24, 2.45) is 28.6 Å². The van der Waals surface area contributed by atoms with Gasteiger partial charge in [-0.05, 0) is 42.0 Å². The Morgan fingerprint density at radius 3 is 2.43 bits per heavy atom. The molecule has 21 heavy (non-hydrogen) atoms. The first-order valence-electron chi connectivity index (χ1n) is 7.33. The van der Waals surface area contributed by atoms with Crippen molar-refractivity contribution in [2.75, 3.05) is 6.54 Å². The van der Waals surface area contributed by atoms with Crippen molar-refractivity contribution in [3.8, 4) is 0 Å². The molecule has 0 saturated carbocycles. The Labute approximate surface area is 126 Å². The smallest absolute Gasteiger partial charge is 0.170 e. The van der Waals surface area contributed by atoms with Gasteiger partial charge in [0.15, 0.2) is 5.84 Å². The summed E-state index contributed by atoms with van der Waals surface area (Å²) in [4.78, 5) is 0. The molecule has 5 heteroatoms. The minimum absolute atomic E-state index is 0.0735. The van der Waals surface area contributed by atoms with Gasteiger partial charge in [0.1, 0.15) is 5.82 Å². The van der Waals surface area contributed by atoms with E-state index in [1.165, 1.54) is 12.1 Å². The van der Waals surface area contributed by atoms with E-state index >= 15 is 0 Å². The second-order valence-electron chi connectivity index (χ2n) is 6.07. The summed E-state index contributed by atoms with van der Waals surface area (Å²) in [7, 11) is 0. The second kappa shape index (κ2) is 7.98. The molecule has 0 fully saturated rings. The standard InChI is InChI=1S/C16H26FN3O/c1-10(2)15(11(3)4)9-19-8-12-5-6-13(17)7-14(12)16(18)20-21/h5-7,10-11,15,19,21H,8-9H2,1-4H3,(H2,18,20). The van der Waals surface area contributed by atoms with Crippen molar-refractivity contribution in [1.29, 1.82) is 0 Å². The average molecular weight is 295 g/mol. The Hall–Kier alpha value is -1.62. The van der Waals surface area contributed by atoms with Gasteiger partial charge in [-0.15, -0.1) is 0 Å². The molecule has 0 bridgehead atoms. The maximum Gasteiger partial charge on any atom is 0.170 e. The Kier molecular flexibility index (Phi) is 6.62. The number of nitrogens with one attached hydrogen (secondary N) is 1. The summed E-state index contributed by atoms with van der Waals surface area (Å²) in [6, 6.07) is 4.33. The van der Waals surface area contributed by atoms with Gasteiger partial charge < -0.3 is 16.3 Å². The van der Waals surface area contributed by atoms with Crippen LogP contribution >= 0.6 is 0 Å². The van der Waals surface area contributed by atoms with E-state index in [0.717, 1.165) is 12.1 Å². The van der Waals surface area contributed by atoms with Crippen LogP contribution in [0, 0.1) is 23.6 Å². The number of nitrogens with zero attached hydrogens (tertiary/aromatic N) is 1. The number of hydrogen-bond donors (Lipinski definition) is 3. The van der Waals surface area contributed by atoms with E-state index in [0.29, 0.717) is 29.9 Å². The highest BCUT2D eigenvalue weighted by atomic mass is 19.1. The van der Waals surface area contributed by atoms with E-state index in [9.17, 15) is 4.39 Å². The first-order valence-corrected chi connectivity index (χ1v) is 7.33. The van der Waals surface area contributed by atoms with E-state index in [1.807, 2.05) is 0 Å². The molecular formula is C16H26FN3O. The Morgan fingerprint density at radius 2 is 1.90 bits per heavy atom. The van der Waals surface area contributed by atoms with E-state index in [-0.39, 0.29) is 5.84 Å². The van der Waals surface area contributed by atoms with Crippen LogP contribution in [0.5, 0.6) is 0 Å². The molecule has 4 N–H and O–H groups in total. The van der Waals surface area contributed by atoms with Gasteiger partial charge >= 0.3 is 0 Å². The number of halogens is 1. The summed E-state index contributed by atoms with van der Waals surface area (Å²) >= 11 is 0. The summed E-state index contributed by atoms with van der Waals surface area (Å²) < 4.78 is 13.3. The number of nitrogens with two attached hydrogens (primary N) is 1. The second-order valence-corrected chi connectivity index (χ2v) is 6.07. The molecular weight excluding hydrogens is 269 g/mol. The van der Waals surface area contributed by atoms with Gasteiger partial charge in [-0.2, -0.15) is 0 Å². The third-order valence-corrected chi connectivity index (χ3v) is 3.86. The van der Waals surface area contributed by atoms with Crippen molar-refractivity contribution in [2.45, 2.75) is 34.2 Å². The molecule has 1 rings (SSSR count). The molecule has 0 saturated heterocycles. The molecule has 0 atom stereocenters. The zero-order valence-corrected chi connectivity index (χ0v) is 13.2. The molecule has 118 valence electrons. The summed E-state index contributed by atoms with van der Waals surface area (Å²) in [6.45, 7) is 10.3. The van der Waals surface area contributed by atoms with Gasteiger partial charge in [0.05, 0.1) is 0 Å². The number of hydrogen-bond acceptors (Lipinski definition) is 3. The molecule has 0 amide bonds. The van der Waals surface area contributed by atoms with Gasteiger partial charge in [-0.1, -0.05) is 38.9 Å². The van der Waals surface area contributed by atoms with Crippen LogP contribution < -0.4 is 11.1 Å². The fourth-order valence-corrected chi connectivity index (χ4v) is 2.61. The van der Waals surface area contributed by atoms with Crippen LogP contribution in [0.4, 0.5) is 4.39 Å². The zero-order chi connectivity index (χ0) is 16.0. The maximum atomic E-state index is 13.3. The molecule has 0 aliphatic carbocycles. The molecule has 1 aromatic rings. The highest BCUT2D eigenvalue weighted by Crippen LogP contribution is 2.20. The Morgan fingerprint density at radius 1 is 1.29 bits per heavy atom. The van der Waals surface area contributed by atoms with E-state index in [1.54, 1.807) is 6.07 Å². The molecule has 0 spiro atoms. The van der Waals surface area contributed by atoms with Gasteiger partial charge in [0, 0.05) is 12.1 Å². The van der Waals surface area contributed by atoms with Gasteiger partial charge in [-0.25, -0.2) is 4.39 Å². The predicted molar refractivity (Wildman–Crippen MR) is 83.8 cm³/mol. The zero-order valence-electron chi connectivity index (χ0n) is 13.2. The monoisotopic (exact) mass is 295 g/mol. The lowest BCUT2D eigenvalue weighted by Gasteiger charge is -2.25. The number of benzene rings is 1. The lowest BCUT2D eigenvalue weighted by atomic mass is 9.85. The fourth-order valence-electron chi connectivity index (χ4n) is 2.61. The van der Waals surface area contributed by atoms with Crippen molar-refractivity contribution in [3.05, 3.63) is 35.1 Å². The number of oxime groups is 1. The highest BCUT2D eigenvalue weighted by molar-refractivity contribution is 5.98. The van der Waals surface area contributed by atoms with Crippen LogP contribution in [0.15, 0.2) is 23.4 Å². The molecule has 0 aromatic heterocycles. The van der Waals surface area contributed by atoms with E-state index < -0.39 is 5.82 Å². The highest BCUT2D eigenvalue weighted by Gasteiger charge is 2.17. The van der Waals surface area contributed by atoms with Crippen molar-refractivity contribution < 1.29 is 9.60 Å². The lowest BCUT2D eigenvalue weighted by Crippen LogP contribution is -2.30. The molecule has 4 nitrogen and oxygen atoms in total. The normalized spacial score (nSPS) is 12.7. The molecule has 0 aliphatic rings. The van der Waals surface area contributed by atoms with Crippen molar-refractivity contribution in [3.63, 3.8) is 0 Å². The fraction of sp³-hybridized carbons (Fsp3) is 0.562. The van der Waals surface area contributed by atoms with Crippen LogP contribution in [0.3, 0.4) is 0 Å². The first-order chi connectivity index (χ1) is 9.86. The number of rotatable bonds is 7. The van der Waals surface area contributed by atoms with Crippen LogP contribution in [-0.2, 0) is 6.54 Å². The minimum atomic E-state index is -0.400. The van der Waals surface area contributed by atoms with Crippen LogP contribution in [0.2, 0.25) is 0 Å². The van der Waals surface area contributed by atoms with Crippen LogP contribution in [-0.4, -0.2) is 17.6 Å². The third-order valence-electron chi connectivity index (χ3n) is 3.86. The lowest BCUT2D eigenvalue weighted by molar-refractivity contribution is 0.275. The molecule has 0 radical (unpaired) electrons. The summed E-state index contributed by atoms with van der Waals surface area (Å²) in [5, 5.41) is 15.1. The van der Waals surface area contributed by atoms with Crippen LogP contribution in [0.1, 0.15) is 38.8 Å². The molecule has 0 aliphatic heterocycles. The minimum Gasteiger partial charge on any atom is -0.409 e. The van der Waals surface area contributed by atoms with Crippen molar-refractivity contribution >= 4 is 5.84 Å². The Balaban J connectivity index is 2.76. The van der Waals surface area contributed by atoms with E-state index in [2.05, 4.69) is 38.2 Å². The third kappa shape index (κ3) is 5.01. The van der Waals surface area contributed by atoms with Crippen molar-refractivity contribution in [1.82, 2.24) is 5.32 Å². The summed E-state index contributed by atoms with van der Waals surface area (Å²) in [6.07, 6.45) is 0. The SMILES string of the molecule is CC(C)C(CNCc1ccc(F)cc1/C(N)=N/O)C(C)C. The Bertz CT molecular complexity index is 478. The van der Waals surface area contributed by atoms with Gasteiger partial charge in [0.2, 0.25) is 0 Å². The summed E-state index contributed by atoms with van der Waals surface area (Å²) in [5.74, 6) is 1.28. The number of amidine groups is 1. The van der Waals surface area contributed by atoms with Gasteiger partial charge in [0.25, 0.3) is 0 Å².